The fourth-order valence-electron chi connectivity index (χ4n) is 1.73. The van der Waals surface area contributed by atoms with Crippen molar-refractivity contribution in [2.45, 2.75) is 0 Å². The van der Waals surface area contributed by atoms with Gasteiger partial charge in [-0.3, -0.25) is 9.78 Å². The molecule has 0 unspecified atom stereocenters. The number of hydrogen-bond acceptors (Lipinski definition) is 5. The summed E-state index contributed by atoms with van der Waals surface area (Å²) in [4.78, 5) is 19.9. The van der Waals surface area contributed by atoms with Crippen LogP contribution in [0.5, 0.6) is 0 Å². The van der Waals surface area contributed by atoms with Crippen LogP contribution in [0.4, 0.5) is 5.82 Å². The fourth-order valence-corrected chi connectivity index (χ4v) is 1.73. The van der Waals surface area contributed by atoms with Gasteiger partial charge in [0.1, 0.15) is 5.52 Å². The van der Waals surface area contributed by atoms with E-state index in [2.05, 4.69) is 25.6 Å². The van der Waals surface area contributed by atoms with Crippen molar-refractivity contribution in [1.82, 2.24) is 25.0 Å². The van der Waals surface area contributed by atoms with E-state index in [1.54, 1.807) is 36.1 Å². The van der Waals surface area contributed by atoms with Gasteiger partial charge in [-0.15, -0.1) is 5.10 Å². The van der Waals surface area contributed by atoms with Gasteiger partial charge in [-0.25, -0.2) is 9.67 Å². The lowest BCUT2D eigenvalue weighted by molar-refractivity contribution is 0.102. The van der Waals surface area contributed by atoms with E-state index in [1.165, 1.54) is 12.4 Å². The predicted molar refractivity (Wildman–Crippen MR) is 68.5 cm³/mol. The van der Waals surface area contributed by atoms with E-state index in [9.17, 15) is 4.79 Å². The third kappa shape index (κ3) is 2.13. The Balaban J connectivity index is 1.89. The zero-order chi connectivity index (χ0) is 13.2. The molecule has 0 fully saturated rings. The molecule has 0 atom stereocenters. The molecule has 94 valence electrons. The minimum atomic E-state index is -0.256. The molecule has 2 aromatic heterocycles. The first-order valence-corrected chi connectivity index (χ1v) is 5.61. The van der Waals surface area contributed by atoms with Gasteiger partial charge in [0.15, 0.2) is 5.82 Å². The SMILES string of the molecule is Cn1nnc2cc(C(=O)Nc3cnccn3)ccc21. The molecule has 0 aliphatic carbocycles. The summed E-state index contributed by atoms with van der Waals surface area (Å²) >= 11 is 0. The van der Waals surface area contributed by atoms with Crippen LogP contribution >= 0.6 is 0 Å². The molecule has 3 aromatic rings. The van der Waals surface area contributed by atoms with Crippen LogP contribution in [0.2, 0.25) is 0 Å². The summed E-state index contributed by atoms with van der Waals surface area (Å²) in [7, 11) is 1.80. The first-order valence-electron chi connectivity index (χ1n) is 5.61. The van der Waals surface area contributed by atoms with E-state index < -0.39 is 0 Å². The van der Waals surface area contributed by atoms with Crippen LogP contribution in [0.25, 0.3) is 11.0 Å². The van der Waals surface area contributed by atoms with Crippen molar-refractivity contribution in [1.29, 1.82) is 0 Å². The lowest BCUT2D eigenvalue weighted by Gasteiger charge is -2.03. The molecule has 19 heavy (non-hydrogen) atoms. The molecule has 3 rings (SSSR count). The number of anilines is 1. The molecule has 0 aliphatic heterocycles. The third-order valence-electron chi connectivity index (χ3n) is 2.68. The predicted octanol–water partition coefficient (Wildman–Crippen LogP) is 1.01. The van der Waals surface area contributed by atoms with E-state index in [0.29, 0.717) is 16.9 Å². The fraction of sp³-hybridized carbons (Fsp3) is 0.0833. The van der Waals surface area contributed by atoms with Gasteiger partial charge in [0.05, 0.1) is 11.7 Å². The number of aryl methyl sites for hydroxylation is 1. The summed E-state index contributed by atoms with van der Waals surface area (Å²) in [6.45, 7) is 0. The Morgan fingerprint density at radius 1 is 1.32 bits per heavy atom. The van der Waals surface area contributed by atoms with Gasteiger partial charge in [0, 0.05) is 25.0 Å². The summed E-state index contributed by atoms with van der Waals surface area (Å²) in [6.07, 6.45) is 4.54. The highest BCUT2D eigenvalue weighted by Gasteiger charge is 2.09. The molecule has 2 heterocycles. The summed E-state index contributed by atoms with van der Waals surface area (Å²) < 4.78 is 1.65. The normalized spacial score (nSPS) is 10.6. The van der Waals surface area contributed by atoms with E-state index in [4.69, 9.17) is 0 Å². The molecule has 7 heteroatoms. The third-order valence-corrected chi connectivity index (χ3v) is 2.68. The molecule has 0 radical (unpaired) electrons. The number of benzene rings is 1. The lowest BCUT2D eigenvalue weighted by Crippen LogP contribution is -2.12. The van der Waals surface area contributed by atoms with Gasteiger partial charge in [0.2, 0.25) is 0 Å². The second-order valence-corrected chi connectivity index (χ2v) is 3.96. The van der Waals surface area contributed by atoms with Crippen LogP contribution in [-0.4, -0.2) is 30.9 Å². The highest BCUT2D eigenvalue weighted by molar-refractivity contribution is 6.05. The van der Waals surface area contributed by atoms with Crippen molar-refractivity contribution in [3.8, 4) is 0 Å². The second-order valence-electron chi connectivity index (χ2n) is 3.96. The summed E-state index contributed by atoms with van der Waals surface area (Å²) in [6, 6.07) is 5.21. The summed E-state index contributed by atoms with van der Waals surface area (Å²) in [5.74, 6) is 0.153. The van der Waals surface area contributed by atoms with Crippen molar-refractivity contribution < 1.29 is 4.79 Å². The van der Waals surface area contributed by atoms with E-state index in [-0.39, 0.29) is 5.91 Å². The molecule has 1 N–H and O–H groups in total. The van der Waals surface area contributed by atoms with Crippen LogP contribution < -0.4 is 5.32 Å². The molecule has 0 bridgehead atoms. The minimum absolute atomic E-state index is 0.256. The zero-order valence-corrected chi connectivity index (χ0v) is 10.1. The largest absolute Gasteiger partial charge is 0.305 e. The van der Waals surface area contributed by atoms with Crippen LogP contribution in [0.1, 0.15) is 10.4 Å². The van der Waals surface area contributed by atoms with Crippen molar-refractivity contribution in [2.75, 3.05) is 5.32 Å². The van der Waals surface area contributed by atoms with Crippen molar-refractivity contribution >= 4 is 22.8 Å². The Bertz CT molecular complexity index is 736. The first kappa shape index (κ1) is 11.3. The van der Waals surface area contributed by atoms with Gasteiger partial charge >= 0.3 is 0 Å². The zero-order valence-electron chi connectivity index (χ0n) is 10.1. The van der Waals surface area contributed by atoms with E-state index in [1.807, 2.05) is 0 Å². The molecule has 7 nitrogen and oxygen atoms in total. The molecule has 0 spiro atoms. The van der Waals surface area contributed by atoms with Gasteiger partial charge in [-0.2, -0.15) is 0 Å². The smallest absolute Gasteiger partial charge is 0.256 e. The molecule has 0 saturated heterocycles. The van der Waals surface area contributed by atoms with Crippen molar-refractivity contribution in [2.24, 2.45) is 7.05 Å². The number of nitrogens with zero attached hydrogens (tertiary/aromatic N) is 5. The second kappa shape index (κ2) is 4.45. The maximum Gasteiger partial charge on any atom is 0.256 e. The molecular weight excluding hydrogens is 244 g/mol. The molecule has 1 amide bonds. The van der Waals surface area contributed by atoms with Gasteiger partial charge < -0.3 is 5.32 Å². The summed E-state index contributed by atoms with van der Waals surface area (Å²) in [5, 5.41) is 10.5. The monoisotopic (exact) mass is 254 g/mol. The molecule has 0 aliphatic rings. The highest BCUT2D eigenvalue weighted by atomic mass is 16.1. The van der Waals surface area contributed by atoms with Gasteiger partial charge in [-0.1, -0.05) is 5.21 Å². The number of amides is 1. The van der Waals surface area contributed by atoms with Gasteiger partial charge in [0.25, 0.3) is 5.91 Å². The Morgan fingerprint density at radius 2 is 2.21 bits per heavy atom. The maximum atomic E-state index is 12.0. The number of fused-ring (bicyclic) bond motifs is 1. The highest BCUT2D eigenvalue weighted by Crippen LogP contribution is 2.13. The average molecular weight is 254 g/mol. The Labute approximate surface area is 108 Å². The minimum Gasteiger partial charge on any atom is -0.305 e. The number of nitrogens with one attached hydrogen (secondary N) is 1. The Kier molecular flexibility index (Phi) is 2.64. The van der Waals surface area contributed by atoms with Gasteiger partial charge in [-0.05, 0) is 18.2 Å². The number of aromatic nitrogens is 5. The number of hydrogen-bond donors (Lipinski definition) is 1. The topological polar surface area (TPSA) is 85.6 Å². The average Bonchev–Trinajstić information content (AvgIpc) is 2.81. The lowest BCUT2D eigenvalue weighted by atomic mass is 10.2. The van der Waals surface area contributed by atoms with Crippen LogP contribution in [0.15, 0.2) is 36.8 Å². The van der Waals surface area contributed by atoms with Crippen molar-refractivity contribution in [3.05, 3.63) is 42.4 Å². The quantitative estimate of drug-likeness (QED) is 0.737. The van der Waals surface area contributed by atoms with E-state index >= 15 is 0 Å². The molecule has 0 saturated carbocycles. The Morgan fingerprint density at radius 3 is 3.00 bits per heavy atom. The number of carbonyl (C=O) groups is 1. The van der Waals surface area contributed by atoms with Crippen molar-refractivity contribution in [3.63, 3.8) is 0 Å². The van der Waals surface area contributed by atoms with Crippen LogP contribution in [-0.2, 0) is 7.05 Å². The molecule has 1 aromatic carbocycles. The summed E-state index contributed by atoms with van der Waals surface area (Å²) in [5.41, 5.74) is 2.05. The van der Waals surface area contributed by atoms with E-state index in [0.717, 1.165) is 5.52 Å². The number of carbonyl (C=O) groups excluding carboxylic acids is 1. The standard InChI is InChI=1S/C12H10N6O/c1-18-10-3-2-8(6-9(10)16-17-18)12(19)15-11-7-13-4-5-14-11/h2-7H,1H3,(H,14,15,19). The van der Waals surface area contributed by atoms with Crippen LogP contribution in [0.3, 0.4) is 0 Å². The maximum absolute atomic E-state index is 12.0. The Hall–Kier alpha value is -2.83. The first-order chi connectivity index (χ1) is 9.24. The number of rotatable bonds is 2. The van der Waals surface area contributed by atoms with Crippen LogP contribution in [0, 0.1) is 0 Å². The molecular formula is C12H10N6O.